The highest BCUT2D eigenvalue weighted by atomic mass is 16.2. The molecule has 1 radical (unpaired) electrons. The zero-order chi connectivity index (χ0) is 6.57. The van der Waals surface area contributed by atoms with Crippen LogP contribution in [0.3, 0.4) is 0 Å². The molecule has 0 heterocycles. The van der Waals surface area contributed by atoms with E-state index in [2.05, 4.69) is 6.58 Å². The Balaban J connectivity index is 3.80. The molecule has 0 unspecified atom stereocenters. The number of hydrogen-bond donors (Lipinski definition) is 0. The van der Waals surface area contributed by atoms with E-state index in [9.17, 15) is 5.11 Å². The molecule has 0 N–H and O–H groups in total. The first-order valence-corrected chi connectivity index (χ1v) is 2.59. The minimum Gasteiger partial charge on any atom is -0.232 e. The molecule has 0 amide bonds. The van der Waals surface area contributed by atoms with Crippen LogP contribution in [0.15, 0.2) is 23.8 Å². The fourth-order valence-corrected chi connectivity index (χ4v) is 0.299. The average molecular weight is 111 g/mol. The van der Waals surface area contributed by atoms with E-state index < -0.39 is 0 Å². The van der Waals surface area contributed by atoms with E-state index in [1.165, 1.54) is 0 Å². The van der Waals surface area contributed by atoms with Crippen molar-refractivity contribution in [2.75, 3.05) is 6.61 Å². The summed E-state index contributed by atoms with van der Waals surface area (Å²) in [6, 6.07) is 0. The Labute approximate surface area is 50.3 Å². The molecule has 1 heteroatoms. The molecule has 0 aromatic rings. The Morgan fingerprint density at radius 1 is 1.62 bits per heavy atom. The summed E-state index contributed by atoms with van der Waals surface area (Å²) in [5.74, 6) is 0. The van der Waals surface area contributed by atoms with Gasteiger partial charge in [-0.05, 0) is 13.8 Å². The van der Waals surface area contributed by atoms with Crippen LogP contribution in [0.2, 0.25) is 0 Å². The lowest BCUT2D eigenvalue weighted by Crippen LogP contribution is -1.78. The van der Waals surface area contributed by atoms with Crippen molar-refractivity contribution in [2.45, 2.75) is 13.8 Å². The molecule has 0 atom stereocenters. The Morgan fingerprint density at radius 3 is 2.25 bits per heavy atom. The third kappa shape index (κ3) is 2.59. The lowest BCUT2D eigenvalue weighted by molar-refractivity contribution is 0.232. The highest BCUT2D eigenvalue weighted by Gasteiger charge is 1.84. The van der Waals surface area contributed by atoms with E-state index >= 15 is 0 Å². The first kappa shape index (κ1) is 7.44. The maximum Gasteiger partial charge on any atom is 0.101 e. The Bertz CT molecular complexity index is 112. The molecule has 0 bridgehead atoms. The molecule has 8 heavy (non-hydrogen) atoms. The van der Waals surface area contributed by atoms with E-state index in [1.54, 1.807) is 6.08 Å². The van der Waals surface area contributed by atoms with Crippen LogP contribution in [0.5, 0.6) is 0 Å². The third-order valence-electron chi connectivity index (χ3n) is 1.06. The molecule has 45 valence electrons. The average Bonchev–Trinajstić information content (AvgIpc) is 1.67. The highest BCUT2D eigenvalue weighted by molar-refractivity contribution is 5.23. The quantitative estimate of drug-likeness (QED) is 0.485. The van der Waals surface area contributed by atoms with Crippen LogP contribution in [0.25, 0.3) is 0 Å². The summed E-state index contributed by atoms with van der Waals surface area (Å²) in [6.45, 7) is 7.31. The number of allylic oxidation sites excluding steroid dienone is 2. The summed E-state index contributed by atoms with van der Waals surface area (Å²) in [5, 5.41) is 9.93. The predicted octanol–water partition coefficient (Wildman–Crippen LogP) is 1.94. The van der Waals surface area contributed by atoms with Crippen LogP contribution in [-0.4, -0.2) is 6.61 Å². The second-order valence-corrected chi connectivity index (χ2v) is 1.83. The SMILES string of the molecule is C=C(C)/C(C)=C/C[O]. The fraction of sp³-hybridized carbons (Fsp3) is 0.429. The Kier molecular flexibility index (Phi) is 3.20. The van der Waals surface area contributed by atoms with Gasteiger partial charge in [0.15, 0.2) is 0 Å². The molecule has 0 aromatic carbocycles. The van der Waals surface area contributed by atoms with Gasteiger partial charge in [0.25, 0.3) is 0 Å². The Hall–Kier alpha value is -0.560. The summed E-state index contributed by atoms with van der Waals surface area (Å²) in [7, 11) is 0. The van der Waals surface area contributed by atoms with Gasteiger partial charge in [-0.1, -0.05) is 23.8 Å². The summed E-state index contributed by atoms with van der Waals surface area (Å²) < 4.78 is 0. The zero-order valence-electron chi connectivity index (χ0n) is 5.40. The Morgan fingerprint density at radius 2 is 2.12 bits per heavy atom. The van der Waals surface area contributed by atoms with Crippen LogP contribution in [0.1, 0.15) is 13.8 Å². The van der Waals surface area contributed by atoms with Gasteiger partial charge < -0.3 is 0 Å². The van der Waals surface area contributed by atoms with Gasteiger partial charge in [-0.3, -0.25) is 0 Å². The van der Waals surface area contributed by atoms with Gasteiger partial charge in [-0.15, -0.1) is 0 Å². The van der Waals surface area contributed by atoms with E-state index in [0.717, 1.165) is 11.1 Å². The predicted molar refractivity (Wildman–Crippen MR) is 34.1 cm³/mol. The van der Waals surface area contributed by atoms with E-state index in [4.69, 9.17) is 0 Å². The summed E-state index contributed by atoms with van der Waals surface area (Å²) in [6.07, 6.45) is 1.63. The van der Waals surface area contributed by atoms with Crippen LogP contribution in [0.4, 0.5) is 0 Å². The van der Waals surface area contributed by atoms with E-state index in [-0.39, 0.29) is 6.61 Å². The molecule has 0 rings (SSSR count). The number of hydrogen-bond acceptors (Lipinski definition) is 0. The highest BCUT2D eigenvalue weighted by Crippen LogP contribution is 2.02. The summed E-state index contributed by atoms with van der Waals surface area (Å²) in [4.78, 5) is 0. The van der Waals surface area contributed by atoms with E-state index in [0.29, 0.717) is 0 Å². The van der Waals surface area contributed by atoms with Crippen molar-refractivity contribution >= 4 is 0 Å². The normalized spacial score (nSPS) is 11.6. The van der Waals surface area contributed by atoms with Crippen molar-refractivity contribution in [2.24, 2.45) is 0 Å². The van der Waals surface area contributed by atoms with Crippen molar-refractivity contribution in [1.29, 1.82) is 0 Å². The molecule has 0 aliphatic rings. The largest absolute Gasteiger partial charge is 0.232 e. The molecular formula is C7H11O. The summed E-state index contributed by atoms with van der Waals surface area (Å²) >= 11 is 0. The molecule has 0 aliphatic heterocycles. The molecule has 1 nitrogen and oxygen atoms in total. The number of rotatable bonds is 2. The molecule has 0 aliphatic carbocycles. The van der Waals surface area contributed by atoms with Crippen molar-refractivity contribution < 1.29 is 5.11 Å². The lowest BCUT2D eigenvalue weighted by Gasteiger charge is -1.93. The van der Waals surface area contributed by atoms with Gasteiger partial charge >= 0.3 is 0 Å². The van der Waals surface area contributed by atoms with Gasteiger partial charge in [0.2, 0.25) is 0 Å². The van der Waals surface area contributed by atoms with Crippen molar-refractivity contribution in [3.63, 3.8) is 0 Å². The minimum atomic E-state index is -0.140. The third-order valence-corrected chi connectivity index (χ3v) is 1.06. The second kappa shape index (κ2) is 3.44. The zero-order valence-corrected chi connectivity index (χ0v) is 5.40. The molecule has 0 fully saturated rings. The van der Waals surface area contributed by atoms with Crippen molar-refractivity contribution in [3.8, 4) is 0 Å². The minimum absolute atomic E-state index is 0.140. The molecule has 0 aromatic heterocycles. The smallest absolute Gasteiger partial charge is 0.101 e. The molecular weight excluding hydrogens is 100 g/mol. The summed E-state index contributed by atoms with van der Waals surface area (Å²) in [5.41, 5.74) is 1.97. The van der Waals surface area contributed by atoms with Gasteiger partial charge in [-0.2, -0.15) is 0 Å². The van der Waals surface area contributed by atoms with E-state index in [1.807, 2.05) is 13.8 Å². The fourth-order valence-electron chi connectivity index (χ4n) is 0.299. The standard InChI is InChI=1S/C7H11O/c1-6(2)7(3)4-5-8/h4H,1,5H2,2-3H3/b7-4+. The van der Waals surface area contributed by atoms with Crippen LogP contribution >= 0.6 is 0 Å². The lowest BCUT2D eigenvalue weighted by atomic mass is 10.1. The van der Waals surface area contributed by atoms with Crippen molar-refractivity contribution in [1.82, 2.24) is 0 Å². The van der Waals surface area contributed by atoms with Gasteiger partial charge in [0, 0.05) is 0 Å². The van der Waals surface area contributed by atoms with Crippen LogP contribution in [-0.2, 0) is 5.11 Å². The van der Waals surface area contributed by atoms with Gasteiger partial charge in [-0.25, -0.2) is 5.11 Å². The first-order valence-electron chi connectivity index (χ1n) is 2.59. The van der Waals surface area contributed by atoms with Gasteiger partial charge in [0.1, 0.15) is 6.61 Å². The van der Waals surface area contributed by atoms with Gasteiger partial charge in [0.05, 0.1) is 0 Å². The maximum atomic E-state index is 9.93. The molecule has 0 saturated heterocycles. The van der Waals surface area contributed by atoms with Crippen LogP contribution in [0, 0.1) is 0 Å². The topological polar surface area (TPSA) is 19.9 Å². The second-order valence-electron chi connectivity index (χ2n) is 1.83. The first-order chi connectivity index (χ1) is 3.68. The molecule has 0 saturated carbocycles. The monoisotopic (exact) mass is 111 g/mol. The maximum absolute atomic E-state index is 9.93. The van der Waals surface area contributed by atoms with Crippen LogP contribution < -0.4 is 0 Å². The molecule has 0 spiro atoms. The van der Waals surface area contributed by atoms with Crippen molar-refractivity contribution in [3.05, 3.63) is 23.8 Å².